The number of rotatable bonds is 5. The summed E-state index contributed by atoms with van der Waals surface area (Å²) in [7, 11) is 1.58. The fourth-order valence-electron chi connectivity index (χ4n) is 2.95. The van der Waals surface area contributed by atoms with Crippen molar-refractivity contribution in [3.8, 4) is 22.1 Å². The first-order chi connectivity index (χ1) is 13.9. The summed E-state index contributed by atoms with van der Waals surface area (Å²) in [6, 6.07) is 7.11. The number of aromatic nitrogens is 2. The highest BCUT2D eigenvalue weighted by Gasteiger charge is 2.20. The first-order valence-electron chi connectivity index (χ1n) is 9.00. The predicted molar refractivity (Wildman–Crippen MR) is 117 cm³/mol. The average molecular weight is 451 g/mol. The molecule has 8 heteroatoms. The molecular formula is C21H17Cl2FN2O2S. The third-order valence-electron chi connectivity index (χ3n) is 4.62. The quantitative estimate of drug-likeness (QED) is 0.323. The number of halogens is 3. The first kappa shape index (κ1) is 20.1. The number of nitrogens with zero attached hydrogens (tertiary/aromatic N) is 2. The standard InChI is InChI=1S/C21H17Cl2FN2O2S/c1-4-10(2)28-15-8-16-20(17(23)18(15)24)26-21(29-16)14-7-12(22)5-11-6-13(27-3)9-25-19(11)14/h5-10H,4H2,1-3H3/t10-/m0/s1. The Bertz CT molecular complexity index is 1230. The highest BCUT2D eigenvalue weighted by molar-refractivity contribution is 7.21. The number of ether oxygens (including phenoxy) is 2. The third-order valence-corrected chi connectivity index (χ3v) is 6.22. The average Bonchev–Trinajstić information content (AvgIpc) is 3.14. The van der Waals surface area contributed by atoms with E-state index in [-0.39, 0.29) is 16.9 Å². The molecule has 150 valence electrons. The van der Waals surface area contributed by atoms with Crippen LogP contribution in [0.3, 0.4) is 0 Å². The van der Waals surface area contributed by atoms with Crippen LogP contribution in [0, 0.1) is 5.82 Å². The molecule has 1 atom stereocenters. The Morgan fingerprint density at radius 2 is 1.97 bits per heavy atom. The summed E-state index contributed by atoms with van der Waals surface area (Å²) in [6.07, 6.45) is 2.27. The number of thiazole rings is 1. The van der Waals surface area contributed by atoms with Crippen LogP contribution in [-0.2, 0) is 0 Å². The van der Waals surface area contributed by atoms with E-state index in [4.69, 9.17) is 32.7 Å². The highest BCUT2D eigenvalue weighted by Crippen LogP contribution is 2.41. The summed E-state index contributed by atoms with van der Waals surface area (Å²) in [5.74, 6) is 0.160. The molecule has 0 aliphatic rings. The SMILES string of the molecule is CC[C@H](C)Oc1cc2sc(-c3cc(Cl)cc4cc(OC)cnc34)nc2c(Cl)c1F. The van der Waals surface area contributed by atoms with E-state index < -0.39 is 5.82 Å². The monoisotopic (exact) mass is 450 g/mol. The summed E-state index contributed by atoms with van der Waals surface area (Å²) in [5, 5.41) is 1.96. The van der Waals surface area contributed by atoms with Crippen LogP contribution in [-0.4, -0.2) is 23.2 Å². The lowest BCUT2D eigenvalue weighted by Crippen LogP contribution is -2.10. The molecule has 2 aromatic heterocycles. The van der Waals surface area contributed by atoms with Gasteiger partial charge in [-0.05, 0) is 31.5 Å². The second kappa shape index (κ2) is 7.94. The second-order valence-corrected chi connectivity index (χ2v) is 8.45. The third kappa shape index (κ3) is 3.72. The van der Waals surface area contributed by atoms with Crippen LogP contribution in [0.4, 0.5) is 4.39 Å². The van der Waals surface area contributed by atoms with Crippen molar-refractivity contribution in [2.75, 3.05) is 7.11 Å². The number of pyridine rings is 1. The van der Waals surface area contributed by atoms with Crippen LogP contribution < -0.4 is 9.47 Å². The zero-order chi connectivity index (χ0) is 20.7. The van der Waals surface area contributed by atoms with E-state index >= 15 is 0 Å². The molecule has 0 aliphatic heterocycles. The molecule has 2 heterocycles. The molecule has 0 radical (unpaired) electrons. The number of fused-ring (bicyclic) bond motifs is 2. The Kier molecular flexibility index (Phi) is 5.51. The van der Waals surface area contributed by atoms with E-state index in [2.05, 4.69) is 9.97 Å². The summed E-state index contributed by atoms with van der Waals surface area (Å²) < 4.78 is 26.4. The van der Waals surface area contributed by atoms with E-state index in [0.29, 0.717) is 21.3 Å². The lowest BCUT2D eigenvalue weighted by Gasteiger charge is -2.13. The molecule has 0 aliphatic carbocycles. The van der Waals surface area contributed by atoms with Gasteiger partial charge >= 0.3 is 0 Å². The van der Waals surface area contributed by atoms with Gasteiger partial charge in [0.15, 0.2) is 11.6 Å². The van der Waals surface area contributed by atoms with Crippen LogP contribution in [0.1, 0.15) is 20.3 Å². The van der Waals surface area contributed by atoms with Crippen molar-refractivity contribution >= 4 is 55.7 Å². The molecular weight excluding hydrogens is 434 g/mol. The molecule has 0 saturated heterocycles. The molecule has 0 spiro atoms. The van der Waals surface area contributed by atoms with Gasteiger partial charge in [0.05, 0.1) is 29.6 Å². The Morgan fingerprint density at radius 3 is 2.69 bits per heavy atom. The van der Waals surface area contributed by atoms with Gasteiger partial charge in [-0.3, -0.25) is 4.98 Å². The van der Waals surface area contributed by atoms with Crippen molar-refractivity contribution in [2.24, 2.45) is 0 Å². The van der Waals surface area contributed by atoms with Gasteiger partial charge in [-0.2, -0.15) is 0 Å². The molecule has 0 saturated carbocycles. The molecule has 0 fully saturated rings. The fourth-order valence-corrected chi connectivity index (χ4v) is 4.49. The van der Waals surface area contributed by atoms with Gasteiger partial charge in [0.2, 0.25) is 0 Å². The zero-order valence-electron chi connectivity index (χ0n) is 15.9. The van der Waals surface area contributed by atoms with Gasteiger partial charge in [-0.15, -0.1) is 11.3 Å². The van der Waals surface area contributed by atoms with Crippen molar-refractivity contribution in [3.63, 3.8) is 0 Å². The van der Waals surface area contributed by atoms with Gasteiger partial charge in [-0.1, -0.05) is 30.1 Å². The normalized spacial score (nSPS) is 12.5. The van der Waals surface area contributed by atoms with Crippen LogP contribution in [0.15, 0.2) is 30.5 Å². The van der Waals surface area contributed by atoms with Crippen molar-refractivity contribution in [1.82, 2.24) is 9.97 Å². The van der Waals surface area contributed by atoms with Gasteiger partial charge in [0.1, 0.15) is 21.3 Å². The molecule has 0 unspecified atom stereocenters. The maximum atomic E-state index is 14.7. The summed E-state index contributed by atoms with van der Waals surface area (Å²) in [6.45, 7) is 3.85. The van der Waals surface area contributed by atoms with Crippen molar-refractivity contribution in [2.45, 2.75) is 26.4 Å². The smallest absolute Gasteiger partial charge is 0.185 e. The Morgan fingerprint density at radius 1 is 1.17 bits per heavy atom. The summed E-state index contributed by atoms with van der Waals surface area (Å²) in [5.41, 5.74) is 1.86. The molecule has 0 bridgehead atoms. The van der Waals surface area contributed by atoms with E-state index in [1.54, 1.807) is 25.4 Å². The van der Waals surface area contributed by atoms with Crippen LogP contribution >= 0.6 is 34.5 Å². The summed E-state index contributed by atoms with van der Waals surface area (Å²) in [4.78, 5) is 9.08. The van der Waals surface area contributed by atoms with Gasteiger partial charge in [0.25, 0.3) is 0 Å². The summed E-state index contributed by atoms with van der Waals surface area (Å²) >= 11 is 14.0. The number of hydrogen-bond acceptors (Lipinski definition) is 5. The van der Waals surface area contributed by atoms with Crippen molar-refractivity contribution < 1.29 is 13.9 Å². The molecule has 4 aromatic rings. The Hall–Kier alpha value is -2.15. The minimum Gasteiger partial charge on any atom is -0.495 e. The maximum absolute atomic E-state index is 14.7. The van der Waals surface area contributed by atoms with Crippen LogP contribution in [0.2, 0.25) is 10.0 Å². The molecule has 0 N–H and O–H groups in total. The molecule has 0 amide bonds. The largest absolute Gasteiger partial charge is 0.495 e. The number of hydrogen-bond donors (Lipinski definition) is 0. The lowest BCUT2D eigenvalue weighted by molar-refractivity contribution is 0.208. The van der Waals surface area contributed by atoms with Crippen LogP contribution in [0.5, 0.6) is 11.5 Å². The van der Waals surface area contributed by atoms with Gasteiger partial charge < -0.3 is 9.47 Å². The van der Waals surface area contributed by atoms with E-state index in [1.807, 2.05) is 26.0 Å². The first-order valence-corrected chi connectivity index (χ1v) is 10.6. The lowest BCUT2D eigenvalue weighted by atomic mass is 10.1. The fraction of sp³-hybridized carbons (Fsp3) is 0.238. The van der Waals surface area contributed by atoms with Gasteiger partial charge in [-0.25, -0.2) is 9.37 Å². The number of benzene rings is 2. The number of methoxy groups -OCH3 is 1. The molecule has 29 heavy (non-hydrogen) atoms. The van der Waals surface area contributed by atoms with E-state index in [0.717, 1.165) is 27.6 Å². The second-order valence-electron chi connectivity index (χ2n) is 6.61. The van der Waals surface area contributed by atoms with E-state index in [9.17, 15) is 4.39 Å². The van der Waals surface area contributed by atoms with Crippen molar-refractivity contribution in [3.05, 3.63) is 46.3 Å². The van der Waals surface area contributed by atoms with E-state index in [1.165, 1.54) is 11.3 Å². The predicted octanol–water partition coefficient (Wildman–Crippen LogP) is 7.14. The molecule has 4 rings (SSSR count). The Labute approximate surface area is 181 Å². The molecule has 4 nitrogen and oxygen atoms in total. The minimum absolute atomic E-state index is 0.0516. The van der Waals surface area contributed by atoms with Crippen molar-refractivity contribution in [1.29, 1.82) is 0 Å². The van der Waals surface area contributed by atoms with Crippen LogP contribution in [0.25, 0.3) is 31.7 Å². The topological polar surface area (TPSA) is 44.2 Å². The highest BCUT2D eigenvalue weighted by atomic mass is 35.5. The minimum atomic E-state index is -0.602. The Balaban J connectivity index is 1.90. The molecule has 2 aromatic carbocycles. The van der Waals surface area contributed by atoms with Gasteiger partial charge in [0, 0.05) is 22.0 Å². The maximum Gasteiger partial charge on any atom is 0.185 e. The zero-order valence-corrected chi connectivity index (χ0v) is 18.3.